The molecule has 6 unspecified atom stereocenters. The molecule has 1 fully saturated rings. The number of aliphatic carboxylic acids is 1. The van der Waals surface area contributed by atoms with Crippen molar-refractivity contribution < 1.29 is 58.2 Å². The maximum Gasteiger partial charge on any atom is 0.335 e. The van der Waals surface area contributed by atoms with Gasteiger partial charge in [0, 0.05) is 19.3 Å². The summed E-state index contributed by atoms with van der Waals surface area (Å²) in [4.78, 5) is 51.1. The standard InChI is InChI=1S/C63H104O12/c1-4-7-10-13-16-19-22-25-27-28-30-32-34-37-40-43-46-49-55(64)71-52-54(73-56(65)50-47-44-41-38-36-33-29-26-23-20-17-14-11-8-5-2)53-72-63-61(59(68)58(67)60(75-63)62(69)70)74-57(66)51-48-45-42-39-35-31-24-21-18-15-12-9-6-3/h7,9-10,12,16,18-19,21,25-27,29,31,35,54,58-61,63,67-68H,4-6,8,11,13-15,17,20,22-24,28,30,32-34,36-53H2,1-3H3,(H,69,70)/b10-7-,12-9-,19-16-,21-18-,27-25-,29-26-,35-31-. The van der Waals surface area contributed by atoms with E-state index in [2.05, 4.69) is 106 Å². The topological polar surface area (TPSA) is 175 Å². The number of ether oxygens (including phenoxy) is 5. The molecule has 1 aliphatic rings. The Morgan fingerprint density at radius 2 is 0.840 bits per heavy atom. The fourth-order valence-electron chi connectivity index (χ4n) is 8.45. The van der Waals surface area contributed by atoms with Gasteiger partial charge in [0.2, 0.25) is 0 Å². The number of carbonyl (C=O) groups excluding carboxylic acids is 3. The summed E-state index contributed by atoms with van der Waals surface area (Å²) < 4.78 is 28.4. The number of aliphatic hydroxyl groups excluding tert-OH is 2. The van der Waals surface area contributed by atoms with Crippen molar-refractivity contribution in [1.82, 2.24) is 0 Å². The highest BCUT2D eigenvalue weighted by atomic mass is 16.7. The molecular formula is C63H104O12. The number of rotatable bonds is 49. The third kappa shape index (κ3) is 40.8. The van der Waals surface area contributed by atoms with Crippen LogP contribution in [0.3, 0.4) is 0 Å². The Morgan fingerprint density at radius 1 is 0.453 bits per heavy atom. The summed E-state index contributed by atoms with van der Waals surface area (Å²) in [5.41, 5.74) is 0. The van der Waals surface area contributed by atoms with Crippen molar-refractivity contribution in [2.75, 3.05) is 13.2 Å². The molecule has 0 aromatic rings. The van der Waals surface area contributed by atoms with Crippen molar-refractivity contribution in [3.8, 4) is 0 Å². The minimum Gasteiger partial charge on any atom is -0.479 e. The van der Waals surface area contributed by atoms with E-state index in [1.54, 1.807) is 0 Å². The first kappa shape index (κ1) is 68.9. The van der Waals surface area contributed by atoms with Gasteiger partial charge >= 0.3 is 23.9 Å². The molecule has 0 saturated carbocycles. The van der Waals surface area contributed by atoms with Gasteiger partial charge in [-0.05, 0) is 109 Å². The molecule has 1 heterocycles. The van der Waals surface area contributed by atoms with E-state index < -0.39 is 67.3 Å². The first-order chi connectivity index (χ1) is 36.6. The van der Waals surface area contributed by atoms with E-state index in [0.29, 0.717) is 19.3 Å². The Balaban J connectivity index is 2.72. The normalized spacial score (nSPS) is 18.8. The molecule has 0 spiro atoms. The van der Waals surface area contributed by atoms with Crippen LogP contribution < -0.4 is 0 Å². The Labute approximate surface area is 454 Å². The molecular weight excluding hydrogens is 949 g/mol. The first-order valence-corrected chi connectivity index (χ1v) is 29.6. The molecule has 0 aromatic carbocycles. The van der Waals surface area contributed by atoms with Gasteiger partial charge in [0.1, 0.15) is 18.8 Å². The van der Waals surface area contributed by atoms with Crippen LogP contribution in [-0.4, -0.2) is 89.2 Å². The SMILES string of the molecule is CC/C=C\C/C=C\C/C=C\CCCCCCCCCC(=O)OCC(COC1OC(C(=O)O)C(O)C(O)C1OC(=O)CCCCC/C=C\C/C=C\C/C=C\CC)OC(=O)CCCCCCC/C=C\CCCCCCCC. The maximum atomic E-state index is 13.1. The van der Waals surface area contributed by atoms with Crippen LogP contribution in [0.5, 0.6) is 0 Å². The van der Waals surface area contributed by atoms with Crippen LogP contribution in [0.25, 0.3) is 0 Å². The van der Waals surface area contributed by atoms with Crippen molar-refractivity contribution in [3.05, 3.63) is 85.1 Å². The van der Waals surface area contributed by atoms with Gasteiger partial charge in [-0.1, -0.05) is 196 Å². The zero-order chi connectivity index (χ0) is 54.7. The molecule has 428 valence electrons. The predicted molar refractivity (Wildman–Crippen MR) is 303 cm³/mol. The lowest BCUT2D eigenvalue weighted by molar-refractivity contribution is -0.301. The van der Waals surface area contributed by atoms with E-state index in [-0.39, 0.29) is 25.9 Å². The molecule has 0 radical (unpaired) electrons. The molecule has 12 heteroatoms. The highest BCUT2D eigenvalue weighted by Crippen LogP contribution is 2.26. The molecule has 0 aromatic heterocycles. The molecule has 0 amide bonds. The number of hydrogen-bond donors (Lipinski definition) is 3. The summed E-state index contributed by atoms with van der Waals surface area (Å²) in [6, 6.07) is 0. The minimum absolute atomic E-state index is 0.0207. The Hall–Kier alpha value is -4.10. The predicted octanol–water partition coefficient (Wildman–Crippen LogP) is 15.1. The van der Waals surface area contributed by atoms with Gasteiger partial charge < -0.3 is 39.0 Å². The average molecular weight is 1050 g/mol. The lowest BCUT2D eigenvalue weighted by Gasteiger charge is -2.40. The second-order valence-corrected chi connectivity index (χ2v) is 19.9. The summed E-state index contributed by atoms with van der Waals surface area (Å²) in [5.74, 6) is -3.18. The minimum atomic E-state index is -1.92. The van der Waals surface area contributed by atoms with E-state index in [4.69, 9.17) is 23.7 Å². The Morgan fingerprint density at radius 3 is 1.31 bits per heavy atom. The quantitative estimate of drug-likeness (QED) is 0.0228. The van der Waals surface area contributed by atoms with Crippen LogP contribution in [0.2, 0.25) is 0 Å². The summed E-state index contributed by atoms with van der Waals surface area (Å²) in [7, 11) is 0. The largest absolute Gasteiger partial charge is 0.479 e. The molecule has 6 atom stereocenters. The van der Waals surface area contributed by atoms with Crippen molar-refractivity contribution in [2.24, 2.45) is 0 Å². The summed E-state index contributed by atoms with van der Waals surface area (Å²) in [6.45, 7) is 5.73. The summed E-state index contributed by atoms with van der Waals surface area (Å²) in [5, 5.41) is 31.4. The van der Waals surface area contributed by atoms with Crippen LogP contribution in [0.15, 0.2) is 85.1 Å². The zero-order valence-corrected chi connectivity index (χ0v) is 47.0. The first-order valence-electron chi connectivity index (χ1n) is 29.6. The molecule has 1 saturated heterocycles. The molecule has 1 aliphatic heterocycles. The number of carbonyl (C=O) groups is 4. The third-order valence-corrected chi connectivity index (χ3v) is 12.9. The van der Waals surface area contributed by atoms with Gasteiger partial charge in [-0.15, -0.1) is 0 Å². The maximum absolute atomic E-state index is 13.1. The number of unbranched alkanes of at least 4 members (excludes halogenated alkanes) is 21. The lowest BCUT2D eigenvalue weighted by Crippen LogP contribution is -2.61. The number of carboxylic acid groups (broad SMARTS) is 1. The van der Waals surface area contributed by atoms with Crippen LogP contribution in [-0.2, 0) is 42.9 Å². The Kier molecular flexibility index (Phi) is 46.6. The van der Waals surface area contributed by atoms with E-state index in [1.165, 1.54) is 44.9 Å². The van der Waals surface area contributed by atoms with Crippen molar-refractivity contribution in [2.45, 2.75) is 276 Å². The van der Waals surface area contributed by atoms with Crippen LogP contribution in [0.1, 0.15) is 239 Å². The highest BCUT2D eigenvalue weighted by molar-refractivity contribution is 5.74. The number of allylic oxidation sites excluding steroid dienone is 14. The van der Waals surface area contributed by atoms with Gasteiger partial charge in [-0.25, -0.2) is 4.79 Å². The van der Waals surface area contributed by atoms with Crippen LogP contribution in [0, 0.1) is 0 Å². The van der Waals surface area contributed by atoms with Crippen molar-refractivity contribution in [3.63, 3.8) is 0 Å². The average Bonchev–Trinajstić information content (AvgIpc) is 3.39. The second kappa shape index (κ2) is 50.7. The second-order valence-electron chi connectivity index (χ2n) is 19.9. The van der Waals surface area contributed by atoms with Crippen molar-refractivity contribution in [1.29, 1.82) is 0 Å². The van der Waals surface area contributed by atoms with Gasteiger partial charge in [-0.2, -0.15) is 0 Å². The van der Waals surface area contributed by atoms with E-state index in [1.807, 2.05) is 0 Å². The number of hydrogen-bond acceptors (Lipinski definition) is 11. The fraction of sp³-hybridized carbons (Fsp3) is 0.714. The molecule has 3 N–H and O–H groups in total. The zero-order valence-electron chi connectivity index (χ0n) is 47.0. The molecule has 12 nitrogen and oxygen atoms in total. The van der Waals surface area contributed by atoms with Crippen molar-refractivity contribution >= 4 is 23.9 Å². The van der Waals surface area contributed by atoms with E-state index in [0.717, 1.165) is 135 Å². The Bertz CT molecular complexity index is 1630. The van der Waals surface area contributed by atoms with Crippen LogP contribution in [0.4, 0.5) is 0 Å². The van der Waals surface area contributed by atoms with Gasteiger partial charge in [0.25, 0.3) is 0 Å². The van der Waals surface area contributed by atoms with Gasteiger partial charge in [-0.3, -0.25) is 14.4 Å². The highest BCUT2D eigenvalue weighted by Gasteiger charge is 2.50. The van der Waals surface area contributed by atoms with Crippen LogP contribution >= 0.6 is 0 Å². The summed E-state index contributed by atoms with van der Waals surface area (Å²) >= 11 is 0. The fourth-order valence-corrected chi connectivity index (χ4v) is 8.45. The molecule has 75 heavy (non-hydrogen) atoms. The van der Waals surface area contributed by atoms with Gasteiger partial charge in [0.05, 0.1) is 6.61 Å². The number of carboxylic acids is 1. The molecule has 0 aliphatic carbocycles. The monoisotopic (exact) mass is 1050 g/mol. The van der Waals surface area contributed by atoms with Gasteiger partial charge in [0.15, 0.2) is 24.6 Å². The van der Waals surface area contributed by atoms with E-state index >= 15 is 0 Å². The smallest absolute Gasteiger partial charge is 0.335 e. The summed E-state index contributed by atoms with van der Waals surface area (Å²) in [6.07, 6.45) is 52.7. The van der Waals surface area contributed by atoms with E-state index in [9.17, 15) is 34.5 Å². The lowest BCUT2D eigenvalue weighted by atomic mass is 9.98. The number of esters is 3. The third-order valence-electron chi connectivity index (χ3n) is 12.9. The number of aliphatic hydroxyl groups is 2. The molecule has 0 bridgehead atoms. The molecule has 1 rings (SSSR count).